The van der Waals surface area contributed by atoms with Crippen molar-refractivity contribution in [1.29, 1.82) is 0 Å². The average molecular weight is 449 g/mol. The van der Waals surface area contributed by atoms with Crippen LogP contribution in [0.25, 0.3) is 0 Å². The molecule has 3 N–H and O–H groups in total. The van der Waals surface area contributed by atoms with Crippen LogP contribution in [0, 0.1) is 17.0 Å². The Kier molecular flexibility index (Phi) is 7.70. The smallest absolute Gasteiger partial charge is 0.273 e. The second-order valence-electron chi connectivity index (χ2n) is 6.87. The van der Waals surface area contributed by atoms with Crippen LogP contribution in [0.4, 0.5) is 11.4 Å². The summed E-state index contributed by atoms with van der Waals surface area (Å²) in [5.74, 6) is -0.783. The predicted molar refractivity (Wildman–Crippen MR) is 115 cm³/mol. The highest BCUT2D eigenvalue weighted by atomic mass is 32.2. The summed E-state index contributed by atoms with van der Waals surface area (Å²) < 4.78 is 27.4. The molecule has 0 aliphatic heterocycles. The van der Waals surface area contributed by atoms with E-state index < -0.39 is 26.9 Å². The molecule has 2 amide bonds. The van der Waals surface area contributed by atoms with Crippen molar-refractivity contribution < 1.29 is 22.9 Å². The van der Waals surface area contributed by atoms with Crippen LogP contribution < -0.4 is 15.4 Å². The van der Waals surface area contributed by atoms with Crippen LogP contribution >= 0.6 is 0 Å². The molecule has 2 aromatic rings. The first-order chi connectivity index (χ1) is 14.5. The molecular weight excluding hydrogens is 424 g/mol. The minimum Gasteiger partial charge on any atom is -0.354 e. The van der Waals surface area contributed by atoms with Gasteiger partial charge in [-0.15, -0.1) is 0 Å². The number of hydrogen-bond acceptors (Lipinski definition) is 6. The summed E-state index contributed by atoms with van der Waals surface area (Å²) in [7, 11) is -4.07. The third kappa shape index (κ3) is 6.25. The zero-order valence-corrected chi connectivity index (χ0v) is 18.2. The summed E-state index contributed by atoms with van der Waals surface area (Å²) in [5, 5.41) is 16.3. The van der Waals surface area contributed by atoms with Crippen molar-refractivity contribution in [3.63, 3.8) is 0 Å². The zero-order chi connectivity index (χ0) is 23.2. The monoisotopic (exact) mass is 448 g/mol. The Morgan fingerprint density at radius 2 is 1.77 bits per heavy atom. The largest absolute Gasteiger partial charge is 0.354 e. The van der Waals surface area contributed by atoms with Crippen LogP contribution in [0.3, 0.4) is 0 Å². The van der Waals surface area contributed by atoms with E-state index in [0.717, 1.165) is 12.5 Å². The number of benzene rings is 2. The van der Waals surface area contributed by atoms with E-state index in [1.165, 1.54) is 43.3 Å². The number of rotatable bonds is 9. The minimum atomic E-state index is -4.07. The fourth-order valence-corrected chi connectivity index (χ4v) is 3.68. The summed E-state index contributed by atoms with van der Waals surface area (Å²) >= 11 is 0. The molecule has 10 nitrogen and oxygen atoms in total. The Hall–Kier alpha value is -3.47. The summed E-state index contributed by atoms with van der Waals surface area (Å²) in [4.78, 5) is 34.3. The summed E-state index contributed by atoms with van der Waals surface area (Å²) in [6.07, 6.45) is 0.777. The molecule has 31 heavy (non-hydrogen) atoms. The van der Waals surface area contributed by atoms with Crippen LogP contribution in [0.2, 0.25) is 0 Å². The number of amides is 2. The Labute approximate surface area is 180 Å². The van der Waals surface area contributed by atoms with Crippen molar-refractivity contribution in [3.05, 3.63) is 63.7 Å². The molecule has 0 spiro atoms. The maximum Gasteiger partial charge on any atom is 0.273 e. The number of hydrogen-bond donors (Lipinski definition) is 3. The molecule has 11 heteroatoms. The zero-order valence-electron chi connectivity index (χ0n) is 17.3. The molecule has 1 unspecified atom stereocenters. The van der Waals surface area contributed by atoms with Crippen LogP contribution in [-0.2, 0) is 14.8 Å². The van der Waals surface area contributed by atoms with E-state index in [-0.39, 0.29) is 27.7 Å². The molecular formula is C20H24N4O6S. The third-order valence-corrected chi connectivity index (χ3v) is 5.76. The topological polar surface area (TPSA) is 148 Å². The van der Waals surface area contributed by atoms with E-state index in [9.17, 15) is 28.1 Å². The number of nitro benzene ring substituents is 1. The van der Waals surface area contributed by atoms with Crippen molar-refractivity contribution in [2.75, 3.05) is 11.3 Å². The Bertz CT molecular complexity index is 1080. The van der Waals surface area contributed by atoms with Gasteiger partial charge in [0.25, 0.3) is 21.6 Å². The van der Waals surface area contributed by atoms with E-state index in [4.69, 9.17) is 0 Å². The normalized spacial score (nSPS) is 12.0. The molecule has 0 fully saturated rings. The summed E-state index contributed by atoms with van der Waals surface area (Å²) in [5.41, 5.74) is 0.460. The van der Waals surface area contributed by atoms with Crippen LogP contribution in [0.5, 0.6) is 0 Å². The second-order valence-corrected chi connectivity index (χ2v) is 8.56. The summed E-state index contributed by atoms with van der Waals surface area (Å²) in [6, 6.07) is 8.48. The van der Waals surface area contributed by atoms with Gasteiger partial charge >= 0.3 is 0 Å². The molecule has 0 saturated heterocycles. The van der Waals surface area contributed by atoms with E-state index in [1.807, 2.05) is 6.92 Å². The molecule has 0 radical (unpaired) electrons. The van der Waals surface area contributed by atoms with Crippen molar-refractivity contribution in [3.8, 4) is 0 Å². The van der Waals surface area contributed by atoms with Gasteiger partial charge in [-0.05, 0) is 50.6 Å². The number of nitro groups is 1. The first-order valence-corrected chi connectivity index (χ1v) is 11.0. The lowest BCUT2D eigenvalue weighted by Crippen LogP contribution is -2.44. The first-order valence-electron chi connectivity index (χ1n) is 9.51. The average Bonchev–Trinajstić information content (AvgIpc) is 2.72. The maximum absolute atomic E-state index is 12.6. The molecule has 0 aromatic heterocycles. The van der Waals surface area contributed by atoms with Crippen LogP contribution in [-0.4, -0.2) is 37.7 Å². The molecule has 1 atom stereocenters. The highest BCUT2D eigenvalue weighted by Crippen LogP contribution is 2.24. The molecule has 0 saturated carbocycles. The second kappa shape index (κ2) is 10.0. The SMILES string of the molecule is CCCNC(=O)C(C)NC(=O)c1ccc(NS(=O)(=O)c2ccc(C)c([N+](=O)[O-])c2)cc1. The van der Waals surface area contributed by atoms with Crippen molar-refractivity contribution in [1.82, 2.24) is 10.6 Å². The van der Waals surface area contributed by atoms with Gasteiger partial charge in [-0.1, -0.05) is 13.0 Å². The molecule has 0 aliphatic carbocycles. The van der Waals surface area contributed by atoms with Gasteiger partial charge in [0.05, 0.1) is 9.82 Å². The summed E-state index contributed by atoms with van der Waals surface area (Å²) in [6.45, 7) is 5.50. The lowest BCUT2D eigenvalue weighted by Gasteiger charge is -2.14. The fourth-order valence-electron chi connectivity index (χ4n) is 2.60. The van der Waals surface area contributed by atoms with E-state index in [1.54, 1.807) is 6.92 Å². The maximum atomic E-state index is 12.6. The Balaban J connectivity index is 2.10. The predicted octanol–water partition coefficient (Wildman–Crippen LogP) is 2.35. The molecule has 0 heterocycles. The Morgan fingerprint density at radius 1 is 1.13 bits per heavy atom. The molecule has 0 aliphatic rings. The Morgan fingerprint density at radius 3 is 2.35 bits per heavy atom. The van der Waals surface area contributed by atoms with Gasteiger partial charge in [-0.3, -0.25) is 24.4 Å². The lowest BCUT2D eigenvalue weighted by molar-refractivity contribution is -0.385. The van der Waals surface area contributed by atoms with Gasteiger partial charge in [0.1, 0.15) is 6.04 Å². The van der Waals surface area contributed by atoms with E-state index >= 15 is 0 Å². The van der Waals surface area contributed by atoms with E-state index in [2.05, 4.69) is 15.4 Å². The van der Waals surface area contributed by atoms with Crippen molar-refractivity contribution in [2.24, 2.45) is 0 Å². The van der Waals surface area contributed by atoms with Crippen LogP contribution in [0.1, 0.15) is 36.2 Å². The van der Waals surface area contributed by atoms with Crippen molar-refractivity contribution >= 4 is 33.2 Å². The number of nitrogens with zero attached hydrogens (tertiary/aromatic N) is 1. The quantitative estimate of drug-likeness (QED) is 0.396. The van der Waals surface area contributed by atoms with Gasteiger partial charge in [-0.2, -0.15) is 0 Å². The number of nitrogens with one attached hydrogen (secondary N) is 3. The number of carbonyl (C=O) groups is 2. The minimum absolute atomic E-state index is 0.175. The van der Waals surface area contributed by atoms with Gasteiger partial charge in [-0.25, -0.2) is 8.42 Å². The van der Waals surface area contributed by atoms with Gasteiger partial charge in [0.2, 0.25) is 5.91 Å². The number of aryl methyl sites for hydroxylation is 1. The highest BCUT2D eigenvalue weighted by molar-refractivity contribution is 7.92. The van der Waals surface area contributed by atoms with Crippen LogP contribution in [0.15, 0.2) is 47.4 Å². The number of carbonyl (C=O) groups excluding carboxylic acids is 2. The van der Waals surface area contributed by atoms with Gasteiger partial charge < -0.3 is 10.6 Å². The first kappa shape index (κ1) is 23.8. The standard InChI is InChI=1S/C20H24N4O6S/c1-4-11-21-19(25)14(3)22-20(26)15-6-8-16(9-7-15)23-31(29,30)17-10-5-13(2)18(12-17)24(27)28/h5-10,12,14,23H,4,11H2,1-3H3,(H,21,25)(H,22,26). The number of anilines is 1. The number of sulfonamides is 1. The van der Waals surface area contributed by atoms with E-state index in [0.29, 0.717) is 12.1 Å². The highest BCUT2D eigenvalue weighted by Gasteiger charge is 2.20. The third-order valence-electron chi connectivity index (χ3n) is 4.38. The fraction of sp³-hybridized carbons (Fsp3) is 0.300. The lowest BCUT2D eigenvalue weighted by atomic mass is 10.2. The van der Waals surface area contributed by atoms with Crippen molar-refractivity contribution in [2.45, 2.75) is 38.1 Å². The molecule has 0 bridgehead atoms. The van der Waals surface area contributed by atoms with Gasteiger partial charge in [0, 0.05) is 29.4 Å². The molecule has 166 valence electrons. The molecule has 2 rings (SSSR count). The molecule has 2 aromatic carbocycles. The van der Waals surface area contributed by atoms with Gasteiger partial charge in [0.15, 0.2) is 0 Å².